The van der Waals surface area contributed by atoms with Crippen LogP contribution in [0, 0.1) is 6.92 Å². The third-order valence-corrected chi connectivity index (χ3v) is 3.40. The zero-order valence-electron chi connectivity index (χ0n) is 10.8. The van der Waals surface area contributed by atoms with Gasteiger partial charge in [0.05, 0.1) is 11.2 Å². The number of fused-ring (bicyclic) bond motifs is 1. The van der Waals surface area contributed by atoms with Gasteiger partial charge < -0.3 is 10.5 Å². The van der Waals surface area contributed by atoms with Crippen LogP contribution in [0.5, 0.6) is 11.6 Å². The van der Waals surface area contributed by atoms with Crippen LogP contribution < -0.4 is 10.5 Å². The van der Waals surface area contributed by atoms with Crippen LogP contribution in [0.15, 0.2) is 47.2 Å². The fourth-order valence-electron chi connectivity index (χ4n) is 2.00. The average molecular weight is 330 g/mol. The average Bonchev–Trinajstić information content (AvgIpc) is 2.45. The van der Waals surface area contributed by atoms with Crippen LogP contribution in [0.25, 0.3) is 10.9 Å². The van der Waals surface area contributed by atoms with Crippen molar-refractivity contribution < 1.29 is 4.74 Å². The molecule has 4 nitrogen and oxygen atoms in total. The molecule has 3 aromatic rings. The maximum Gasteiger partial charge on any atom is 0.222 e. The Morgan fingerprint density at radius 2 is 2.05 bits per heavy atom. The fourth-order valence-corrected chi connectivity index (χ4v) is 2.44. The smallest absolute Gasteiger partial charge is 0.222 e. The molecule has 0 fully saturated rings. The molecule has 2 N–H and O–H groups in total. The van der Waals surface area contributed by atoms with Crippen molar-refractivity contribution in [2.75, 3.05) is 5.73 Å². The van der Waals surface area contributed by atoms with Gasteiger partial charge in [-0.3, -0.25) is 4.98 Å². The molecule has 0 aliphatic carbocycles. The molecule has 3 rings (SSSR count). The topological polar surface area (TPSA) is 61.0 Å². The van der Waals surface area contributed by atoms with Crippen molar-refractivity contribution in [1.29, 1.82) is 0 Å². The molecule has 2 aromatic heterocycles. The molecule has 0 aliphatic rings. The number of anilines is 1. The van der Waals surface area contributed by atoms with E-state index in [9.17, 15) is 0 Å². The Balaban J connectivity index is 2.09. The van der Waals surface area contributed by atoms with Crippen molar-refractivity contribution in [2.24, 2.45) is 0 Å². The number of nitrogens with zero attached hydrogens (tertiary/aromatic N) is 2. The molecule has 2 heterocycles. The second-order valence-electron chi connectivity index (χ2n) is 4.43. The summed E-state index contributed by atoms with van der Waals surface area (Å²) in [5.74, 6) is 1.27. The van der Waals surface area contributed by atoms with E-state index in [0.717, 1.165) is 20.9 Å². The summed E-state index contributed by atoms with van der Waals surface area (Å²) in [6.45, 7) is 1.95. The van der Waals surface area contributed by atoms with Gasteiger partial charge in [-0.05, 0) is 53.2 Å². The van der Waals surface area contributed by atoms with E-state index in [-0.39, 0.29) is 0 Å². The first-order valence-electron chi connectivity index (χ1n) is 6.08. The van der Waals surface area contributed by atoms with Gasteiger partial charge in [-0.15, -0.1) is 0 Å². The Bertz CT molecular complexity index is 789. The van der Waals surface area contributed by atoms with Crippen molar-refractivity contribution in [2.45, 2.75) is 6.92 Å². The molecule has 0 amide bonds. The standard InChI is InChI=1S/C15H12BrN3O/c1-9-7-10(16)8-19-15(9)20-13-5-4-12(17)14-11(13)3-2-6-18-14/h2-8H,17H2,1H3. The van der Waals surface area contributed by atoms with Crippen molar-refractivity contribution in [1.82, 2.24) is 9.97 Å². The largest absolute Gasteiger partial charge is 0.438 e. The van der Waals surface area contributed by atoms with E-state index >= 15 is 0 Å². The van der Waals surface area contributed by atoms with Gasteiger partial charge in [0.25, 0.3) is 0 Å². The van der Waals surface area contributed by atoms with Crippen LogP contribution in [0.4, 0.5) is 5.69 Å². The number of nitrogen functional groups attached to an aromatic ring is 1. The number of aromatic nitrogens is 2. The van der Waals surface area contributed by atoms with Crippen LogP contribution in [-0.4, -0.2) is 9.97 Å². The Hall–Kier alpha value is -2.14. The number of aryl methyl sites for hydroxylation is 1. The minimum Gasteiger partial charge on any atom is -0.438 e. The first kappa shape index (κ1) is 12.9. The number of nitrogens with two attached hydrogens (primary N) is 1. The molecular weight excluding hydrogens is 318 g/mol. The number of hydrogen-bond acceptors (Lipinski definition) is 4. The SMILES string of the molecule is Cc1cc(Br)cnc1Oc1ccc(N)c2ncccc12. The lowest BCUT2D eigenvalue weighted by molar-refractivity contribution is 0.464. The molecule has 0 spiro atoms. The Morgan fingerprint density at radius 1 is 1.20 bits per heavy atom. The van der Waals surface area contributed by atoms with Crippen LogP contribution in [0.2, 0.25) is 0 Å². The zero-order valence-corrected chi connectivity index (χ0v) is 12.4. The lowest BCUT2D eigenvalue weighted by Crippen LogP contribution is -1.95. The normalized spacial score (nSPS) is 10.7. The Morgan fingerprint density at radius 3 is 2.85 bits per heavy atom. The van der Waals surface area contributed by atoms with Crippen molar-refractivity contribution in [3.05, 3.63) is 52.8 Å². The molecule has 0 radical (unpaired) electrons. The molecule has 1 aromatic carbocycles. The summed E-state index contributed by atoms with van der Waals surface area (Å²) >= 11 is 3.39. The zero-order chi connectivity index (χ0) is 14.1. The summed E-state index contributed by atoms with van der Waals surface area (Å²) in [4.78, 5) is 8.57. The van der Waals surface area contributed by atoms with E-state index in [1.165, 1.54) is 0 Å². The molecule has 100 valence electrons. The predicted octanol–water partition coefficient (Wildman–Crippen LogP) is 4.08. The Kier molecular flexibility index (Phi) is 3.28. The van der Waals surface area contributed by atoms with Gasteiger partial charge in [0.2, 0.25) is 5.88 Å². The van der Waals surface area contributed by atoms with Crippen molar-refractivity contribution in [3.63, 3.8) is 0 Å². The highest BCUT2D eigenvalue weighted by molar-refractivity contribution is 9.10. The van der Waals surface area contributed by atoms with E-state index in [0.29, 0.717) is 17.3 Å². The molecule has 20 heavy (non-hydrogen) atoms. The number of benzene rings is 1. The second-order valence-corrected chi connectivity index (χ2v) is 5.35. The summed E-state index contributed by atoms with van der Waals surface area (Å²) in [5, 5.41) is 0.872. The van der Waals surface area contributed by atoms with Crippen LogP contribution in [-0.2, 0) is 0 Å². The summed E-state index contributed by atoms with van der Waals surface area (Å²) in [5.41, 5.74) is 8.25. The highest BCUT2D eigenvalue weighted by atomic mass is 79.9. The fraction of sp³-hybridized carbons (Fsp3) is 0.0667. The molecular formula is C15H12BrN3O. The highest BCUT2D eigenvalue weighted by Crippen LogP contribution is 2.32. The van der Waals surface area contributed by atoms with Crippen LogP contribution >= 0.6 is 15.9 Å². The number of ether oxygens (including phenoxy) is 1. The number of hydrogen-bond donors (Lipinski definition) is 1. The number of rotatable bonds is 2. The molecule has 0 bridgehead atoms. The minimum absolute atomic E-state index is 0.572. The van der Waals surface area contributed by atoms with Gasteiger partial charge in [-0.1, -0.05) is 0 Å². The molecule has 0 unspecified atom stereocenters. The van der Waals surface area contributed by atoms with Crippen molar-refractivity contribution in [3.8, 4) is 11.6 Å². The predicted molar refractivity (Wildman–Crippen MR) is 82.9 cm³/mol. The first-order valence-corrected chi connectivity index (χ1v) is 6.87. The monoisotopic (exact) mass is 329 g/mol. The summed E-state index contributed by atoms with van der Waals surface area (Å²) in [6.07, 6.45) is 3.42. The molecule has 5 heteroatoms. The van der Waals surface area contributed by atoms with E-state index in [4.69, 9.17) is 10.5 Å². The van der Waals surface area contributed by atoms with Gasteiger partial charge in [0.15, 0.2) is 0 Å². The Labute approximate surface area is 124 Å². The first-order chi connectivity index (χ1) is 9.65. The van der Waals surface area contributed by atoms with E-state index in [1.54, 1.807) is 18.5 Å². The summed E-state index contributed by atoms with van der Waals surface area (Å²) < 4.78 is 6.83. The van der Waals surface area contributed by atoms with Gasteiger partial charge in [-0.2, -0.15) is 0 Å². The molecule has 0 saturated carbocycles. The third kappa shape index (κ3) is 2.32. The molecule has 0 saturated heterocycles. The maximum absolute atomic E-state index is 5.93. The number of halogens is 1. The minimum atomic E-state index is 0.572. The lowest BCUT2D eigenvalue weighted by atomic mass is 10.1. The van der Waals surface area contributed by atoms with Crippen LogP contribution in [0.3, 0.4) is 0 Å². The van der Waals surface area contributed by atoms with Gasteiger partial charge in [0, 0.05) is 27.8 Å². The quantitative estimate of drug-likeness (QED) is 0.720. The molecule has 0 atom stereocenters. The summed E-state index contributed by atoms with van der Waals surface area (Å²) in [6, 6.07) is 9.38. The van der Waals surface area contributed by atoms with Crippen LogP contribution in [0.1, 0.15) is 5.56 Å². The third-order valence-electron chi connectivity index (χ3n) is 2.96. The van der Waals surface area contributed by atoms with E-state index in [2.05, 4.69) is 25.9 Å². The van der Waals surface area contributed by atoms with Gasteiger partial charge >= 0.3 is 0 Å². The van der Waals surface area contributed by atoms with Crippen molar-refractivity contribution >= 4 is 32.5 Å². The maximum atomic E-state index is 5.93. The lowest BCUT2D eigenvalue weighted by Gasteiger charge is -2.11. The van der Waals surface area contributed by atoms with Gasteiger partial charge in [-0.25, -0.2) is 4.98 Å². The highest BCUT2D eigenvalue weighted by Gasteiger charge is 2.09. The van der Waals surface area contributed by atoms with Gasteiger partial charge in [0.1, 0.15) is 5.75 Å². The second kappa shape index (κ2) is 5.09. The summed E-state index contributed by atoms with van der Waals surface area (Å²) in [7, 11) is 0. The van der Waals surface area contributed by atoms with E-state index < -0.39 is 0 Å². The van der Waals surface area contributed by atoms with E-state index in [1.807, 2.05) is 31.2 Å². The molecule has 0 aliphatic heterocycles. The number of pyridine rings is 2.